The number of hydrogen-bond donors (Lipinski definition) is 4. The zero-order valence-electron chi connectivity index (χ0n) is 31.7. The predicted molar refractivity (Wildman–Crippen MR) is 194 cm³/mol. The number of pyridine rings is 1. The van der Waals surface area contributed by atoms with Crippen LogP contribution in [0, 0.1) is 30.6 Å². The first-order chi connectivity index (χ1) is 23.6. The Morgan fingerprint density at radius 2 is 1.80 bits per heavy atom. The molecule has 0 saturated carbocycles. The Hall–Kier alpha value is -3.22. The van der Waals surface area contributed by atoms with Crippen LogP contribution in [0.2, 0.25) is 0 Å². The maximum Gasteiger partial charge on any atom is 0.345 e. The summed E-state index contributed by atoms with van der Waals surface area (Å²) >= 11 is 0. The number of ketones is 1. The SMILES string of the molecule is CCC(C(=O)C(C)C(O)C(C)CCc1ccc(C)c(OC(=O)c2cccnc2)c1C(=O)O)C1OC(CC)(C2CCC(O)(CC)C(C)O2)CC1C.N. The third-order valence-corrected chi connectivity index (χ3v) is 11.7. The molecule has 0 amide bonds. The van der Waals surface area contributed by atoms with Crippen LogP contribution < -0.4 is 10.9 Å². The fourth-order valence-corrected chi connectivity index (χ4v) is 8.20. The van der Waals surface area contributed by atoms with E-state index in [1.807, 2.05) is 27.7 Å². The molecule has 284 valence electrons. The van der Waals surface area contributed by atoms with Gasteiger partial charge in [-0.25, -0.2) is 9.59 Å². The van der Waals surface area contributed by atoms with Crippen LogP contribution in [0.3, 0.4) is 0 Å². The van der Waals surface area contributed by atoms with Gasteiger partial charge in [0.15, 0.2) is 0 Å². The second-order valence-corrected chi connectivity index (χ2v) is 14.8. The zero-order chi connectivity index (χ0) is 37.0. The smallest absolute Gasteiger partial charge is 0.345 e. The lowest BCUT2D eigenvalue weighted by molar-refractivity contribution is -0.229. The predicted octanol–water partition coefficient (Wildman–Crippen LogP) is 6.91. The molecule has 3 heterocycles. The van der Waals surface area contributed by atoms with Gasteiger partial charge in [-0.1, -0.05) is 53.7 Å². The first-order valence-electron chi connectivity index (χ1n) is 18.4. The van der Waals surface area contributed by atoms with Crippen LogP contribution in [-0.2, 0) is 20.7 Å². The van der Waals surface area contributed by atoms with E-state index in [0.29, 0.717) is 49.7 Å². The Morgan fingerprint density at radius 1 is 1.10 bits per heavy atom. The molecular weight excluding hydrogens is 652 g/mol. The van der Waals surface area contributed by atoms with E-state index in [1.54, 1.807) is 38.1 Å². The van der Waals surface area contributed by atoms with Crippen molar-refractivity contribution in [3.05, 3.63) is 58.9 Å². The highest BCUT2D eigenvalue weighted by Crippen LogP contribution is 2.48. The first kappa shape index (κ1) is 42.2. The number of esters is 1. The highest BCUT2D eigenvalue weighted by molar-refractivity contribution is 5.97. The van der Waals surface area contributed by atoms with Gasteiger partial charge in [-0.05, 0) is 100 Å². The number of benzene rings is 1. The minimum absolute atomic E-state index is 0. The van der Waals surface area contributed by atoms with Crippen LogP contribution in [-0.4, -0.2) is 73.6 Å². The fourth-order valence-electron chi connectivity index (χ4n) is 8.20. The second kappa shape index (κ2) is 17.5. The van der Waals surface area contributed by atoms with Gasteiger partial charge < -0.3 is 35.7 Å². The van der Waals surface area contributed by atoms with Crippen LogP contribution in [0.15, 0.2) is 36.7 Å². The monoisotopic (exact) mass is 712 g/mol. The summed E-state index contributed by atoms with van der Waals surface area (Å²) in [7, 11) is 0. The van der Waals surface area contributed by atoms with Crippen LogP contribution in [0.1, 0.15) is 125 Å². The van der Waals surface area contributed by atoms with Crippen molar-refractivity contribution in [1.29, 1.82) is 0 Å². The zero-order valence-corrected chi connectivity index (χ0v) is 31.7. The minimum Gasteiger partial charge on any atom is -0.478 e. The van der Waals surface area contributed by atoms with Gasteiger partial charge in [0.2, 0.25) is 0 Å². The quantitative estimate of drug-likeness (QED) is 0.111. The average molecular weight is 713 g/mol. The summed E-state index contributed by atoms with van der Waals surface area (Å²) in [6, 6.07) is 6.57. The molecule has 4 rings (SSSR count). The van der Waals surface area contributed by atoms with Gasteiger partial charge in [0.05, 0.1) is 41.2 Å². The number of rotatable bonds is 15. The van der Waals surface area contributed by atoms with Gasteiger partial charge in [0.25, 0.3) is 0 Å². The number of ether oxygens (including phenoxy) is 3. The summed E-state index contributed by atoms with van der Waals surface area (Å²) in [5.74, 6) is -3.28. The van der Waals surface area contributed by atoms with Crippen LogP contribution in [0.25, 0.3) is 0 Å². The number of Topliss-reactive ketones (excluding diaryl/α,β-unsaturated/α-hetero) is 1. The number of aliphatic hydroxyl groups is 2. The summed E-state index contributed by atoms with van der Waals surface area (Å²) < 4.78 is 18.9. The summed E-state index contributed by atoms with van der Waals surface area (Å²) in [6.07, 6.45) is 5.85. The minimum atomic E-state index is -1.22. The molecule has 51 heavy (non-hydrogen) atoms. The number of carboxylic acids is 1. The highest BCUT2D eigenvalue weighted by atomic mass is 16.6. The van der Waals surface area contributed by atoms with Gasteiger partial charge >= 0.3 is 11.9 Å². The van der Waals surface area contributed by atoms with E-state index in [-0.39, 0.29) is 59.0 Å². The van der Waals surface area contributed by atoms with Gasteiger partial charge in [-0.3, -0.25) is 9.78 Å². The lowest BCUT2D eigenvalue weighted by atomic mass is 9.76. The van der Waals surface area contributed by atoms with E-state index >= 15 is 0 Å². The van der Waals surface area contributed by atoms with Gasteiger partial charge in [-0.15, -0.1) is 0 Å². The number of hydrogen-bond acceptors (Lipinski definition) is 10. The lowest BCUT2D eigenvalue weighted by Crippen LogP contribution is -2.55. The van der Waals surface area contributed by atoms with E-state index in [0.717, 1.165) is 12.8 Å². The molecule has 2 aliphatic heterocycles. The summed E-state index contributed by atoms with van der Waals surface area (Å²) in [5, 5.41) is 32.6. The molecule has 0 aliphatic carbocycles. The number of aromatic carboxylic acids is 1. The Balaban J connectivity index is 0.00000702. The van der Waals surface area contributed by atoms with Crippen molar-refractivity contribution in [3.63, 3.8) is 0 Å². The topological polar surface area (TPSA) is 187 Å². The summed E-state index contributed by atoms with van der Waals surface area (Å²) in [4.78, 5) is 43.2. The van der Waals surface area contributed by atoms with E-state index in [4.69, 9.17) is 14.2 Å². The van der Waals surface area contributed by atoms with E-state index < -0.39 is 41.1 Å². The maximum absolute atomic E-state index is 14.1. The summed E-state index contributed by atoms with van der Waals surface area (Å²) in [6.45, 7) is 15.4. The molecule has 2 aromatic rings. The van der Waals surface area contributed by atoms with E-state index in [9.17, 15) is 29.7 Å². The number of aryl methyl sites for hydroxylation is 2. The van der Waals surface area contributed by atoms with Crippen LogP contribution in [0.5, 0.6) is 5.75 Å². The molecule has 11 heteroatoms. The Bertz CT molecular complexity index is 1500. The molecule has 0 bridgehead atoms. The van der Waals surface area contributed by atoms with Crippen molar-refractivity contribution in [1.82, 2.24) is 11.1 Å². The molecule has 1 aromatic carbocycles. The molecular formula is C40H60N2O9. The number of carbonyl (C=O) groups is 3. The third-order valence-electron chi connectivity index (χ3n) is 11.7. The number of carbonyl (C=O) groups excluding carboxylic acids is 2. The van der Waals surface area contributed by atoms with Crippen molar-refractivity contribution >= 4 is 17.7 Å². The molecule has 0 spiro atoms. The van der Waals surface area contributed by atoms with Crippen LogP contribution >= 0.6 is 0 Å². The average Bonchev–Trinajstić information content (AvgIpc) is 3.45. The van der Waals surface area contributed by atoms with Gasteiger partial charge in [-0.2, -0.15) is 0 Å². The van der Waals surface area contributed by atoms with Crippen molar-refractivity contribution in [2.24, 2.45) is 23.7 Å². The highest BCUT2D eigenvalue weighted by Gasteiger charge is 2.55. The Kier molecular flexibility index (Phi) is 14.5. The van der Waals surface area contributed by atoms with Crippen molar-refractivity contribution in [3.8, 4) is 5.75 Å². The molecule has 10 unspecified atom stereocenters. The van der Waals surface area contributed by atoms with Crippen LogP contribution in [0.4, 0.5) is 0 Å². The van der Waals surface area contributed by atoms with E-state index in [1.165, 1.54) is 12.4 Å². The van der Waals surface area contributed by atoms with Crippen molar-refractivity contribution in [2.45, 2.75) is 142 Å². The summed E-state index contributed by atoms with van der Waals surface area (Å²) in [5.41, 5.74) is -0.304. The lowest BCUT2D eigenvalue weighted by Gasteiger charge is -2.47. The normalized spacial score (nSPS) is 28.6. The third kappa shape index (κ3) is 8.88. The standard InChI is InChI=1S/C40H57NO9.H3N/c1-9-30(35-25(6)21-40(11-3,50-35)31-18-19-39(47,10-2)27(8)48-31)34(43)26(7)33(42)23(4)14-16-28-17-15-24(5)36(32(28)37(44)45)49-38(46)29-13-12-20-41-22-29;/h12-13,15,17,20,22-23,25-27,30-31,33,35,42,47H,9-11,14,16,18-19,21H2,1-8H3,(H,44,45);1H3. The van der Waals surface area contributed by atoms with E-state index in [2.05, 4.69) is 18.8 Å². The molecule has 11 nitrogen and oxygen atoms in total. The van der Waals surface area contributed by atoms with Crippen molar-refractivity contribution in [2.75, 3.05) is 0 Å². The molecule has 6 N–H and O–H groups in total. The largest absolute Gasteiger partial charge is 0.478 e. The fraction of sp³-hybridized carbons (Fsp3) is 0.650. The molecule has 1 aromatic heterocycles. The maximum atomic E-state index is 14.1. The Morgan fingerprint density at radius 3 is 2.37 bits per heavy atom. The second-order valence-electron chi connectivity index (χ2n) is 14.8. The molecule has 0 radical (unpaired) electrons. The Labute approximate surface area is 303 Å². The molecule has 2 saturated heterocycles. The number of nitrogens with zero attached hydrogens (tertiary/aromatic N) is 1. The molecule has 2 aliphatic rings. The molecule has 10 atom stereocenters. The van der Waals surface area contributed by atoms with Gasteiger partial charge in [0, 0.05) is 24.2 Å². The number of aromatic nitrogens is 1. The first-order valence-corrected chi connectivity index (χ1v) is 18.4. The number of aliphatic hydroxyl groups excluding tert-OH is 1. The molecule has 2 fully saturated rings. The number of carboxylic acid groups (broad SMARTS) is 1. The van der Waals surface area contributed by atoms with Crippen molar-refractivity contribution < 1.29 is 43.9 Å². The van der Waals surface area contributed by atoms with Gasteiger partial charge in [0.1, 0.15) is 17.1 Å².